The maximum Gasteiger partial charge on any atom is 0.148 e. The van der Waals surface area contributed by atoms with Gasteiger partial charge in [-0.2, -0.15) is 19.7 Å². The van der Waals surface area contributed by atoms with Gasteiger partial charge in [0.05, 0.1) is 160 Å². The predicted molar refractivity (Wildman–Crippen MR) is 589 cm³/mol. The van der Waals surface area contributed by atoms with Crippen LogP contribution in [0.25, 0.3) is 61.3 Å². The van der Waals surface area contributed by atoms with Crippen LogP contribution in [0.15, 0.2) is 139 Å². The van der Waals surface area contributed by atoms with Crippen molar-refractivity contribution in [1.29, 1.82) is 0 Å². The normalized spacial score (nSPS) is 21.6. The number of anilines is 6. The summed E-state index contributed by atoms with van der Waals surface area (Å²) in [6.07, 6.45) is 45.1. The van der Waals surface area contributed by atoms with Crippen LogP contribution in [0.5, 0.6) is 0 Å². The summed E-state index contributed by atoms with van der Waals surface area (Å²) in [6.45, 7) is 4.47. The van der Waals surface area contributed by atoms with Crippen LogP contribution in [0, 0.1) is 13.8 Å². The molecule has 36 nitrogen and oxygen atoms in total. The molecule has 0 aliphatic heterocycles. The molecule has 784 valence electrons. The lowest BCUT2D eigenvalue weighted by atomic mass is 9.93. The minimum atomic E-state index is -0.161. The molecule has 13 N–H and O–H groups in total. The van der Waals surface area contributed by atoms with Crippen molar-refractivity contribution in [3.8, 4) is 0 Å². The number of aliphatic hydroxyl groups excluding tert-OH is 7. The molecule has 0 aromatic carbocycles. The summed E-state index contributed by atoms with van der Waals surface area (Å²) in [5, 5.41) is 122. The molecule has 18 heterocycles. The molecule has 7 saturated carbocycles. The van der Waals surface area contributed by atoms with Gasteiger partial charge in [-0.05, 0) is 284 Å². The number of nitrogens with one attached hydrogen (secondary N) is 6. The maximum atomic E-state index is 9.76. The molecular formula is C106H129N27O9S7. The Morgan fingerprint density at radius 1 is 0.342 bits per heavy atom. The Balaban J connectivity index is 0.000000108. The molecule has 0 saturated heterocycles. The third kappa shape index (κ3) is 28.4. The fraction of sp³-hybridized carbons (Fsp3) is 0.491. The van der Waals surface area contributed by atoms with Crippen LogP contribution < -0.4 is 31.9 Å². The second kappa shape index (κ2) is 50.1. The lowest BCUT2D eigenvalue weighted by Gasteiger charge is -2.26. The first-order valence-corrected chi connectivity index (χ1v) is 58.3. The average Bonchev–Trinajstić information content (AvgIpc) is 1.79. The molecule has 7 fully saturated rings. The largest absolute Gasteiger partial charge is 0.394 e. The number of rotatable bonds is 27. The fourth-order valence-corrected chi connectivity index (χ4v) is 25.9. The molecule has 7 aliphatic carbocycles. The first kappa shape index (κ1) is 105. The number of hydrogen-bond donors (Lipinski definition) is 13. The van der Waals surface area contributed by atoms with E-state index in [1.807, 2.05) is 92.2 Å². The summed E-state index contributed by atoms with van der Waals surface area (Å²) >= 11 is 11.5. The van der Waals surface area contributed by atoms with Gasteiger partial charge in [0.25, 0.3) is 0 Å². The van der Waals surface area contributed by atoms with Crippen LogP contribution in [-0.4, -0.2) is 219 Å². The minimum Gasteiger partial charge on any atom is -0.394 e. The van der Waals surface area contributed by atoms with E-state index in [0.717, 1.165) is 326 Å². The minimum absolute atomic E-state index is 0.0721. The second-order valence-electron chi connectivity index (χ2n) is 40.2. The number of aryl methyl sites for hydroxylation is 3. The highest BCUT2D eigenvalue weighted by Crippen LogP contribution is 2.40. The molecule has 0 amide bonds. The van der Waals surface area contributed by atoms with Gasteiger partial charge in [-0.1, -0.05) is 23.2 Å². The Morgan fingerprint density at radius 3 is 0.973 bits per heavy atom. The molecule has 18 aromatic rings. The Bertz CT molecular complexity index is 6970. The summed E-state index contributed by atoms with van der Waals surface area (Å²) in [6, 6.07) is 19.0. The van der Waals surface area contributed by atoms with E-state index in [1.54, 1.807) is 96.0 Å². The Morgan fingerprint density at radius 2 is 0.664 bits per heavy atom. The Labute approximate surface area is 890 Å². The number of nitrogens with zero attached hydrogens (tertiary/aromatic N) is 21. The third-order valence-electron chi connectivity index (χ3n) is 28.4. The van der Waals surface area contributed by atoms with Crippen molar-refractivity contribution in [1.82, 2.24) is 104 Å². The van der Waals surface area contributed by atoms with E-state index >= 15 is 0 Å². The lowest BCUT2D eigenvalue weighted by Crippen LogP contribution is -2.28. The number of hydrogen-bond acceptors (Lipinski definition) is 40. The van der Waals surface area contributed by atoms with Gasteiger partial charge in [-0.25, -0.2) is 59.8 Å². The van der Waals surface area contributed by atoms with E-state index in [2.05, 4.69) is 127 Å². The summed E-state index contributed by atoms with van der Waals surface area (Å²) in [4.78, 5) is 58.0. The highest BCUT2D eigenvalue weighted by molar-refractivity contribution is 7.19. The van der Waals surface area contributed by atoms with Crippen LogP contribution in [0.3, 0.4) is 0 Å². The molecule has 0 bridgehead atoms. The summed E-state index contributed by atoms with van der Waals surface area (Å²) in [7, 11) is 1.91. The Hall–Kier alpha value is -11.6. The fourth-order valence-electron chi connectivity index (χ4n) is 20.5. The molecule has 7 aliphatic rings. The zero-order valence-electron chi connectivity index (χ0n) is 83.9. The molecule has 18 aromatic heterocycles. The molecule has 0 radical (unpaired) electrons. The first-order chi connectivity index (χ1) is 72.7. The van der Waals surface area contributed by atoms with Crippen LogP contribution >= 0.6 is 79.6 Å². The predicted octanol–water partition coefficient (Wildman–Crippen LogP) is 19.3. The molecule has 25 rings (SSSR count). The van der Waals surface area contributed by atoms with Crippen molar-refractivity contribution in [3.63, 3.8) is 0 Å². The third-order valence-corrected chi connectivity index (χ3v) is 34.7. The molecule has 0 spiro atoms. The van der Waals surface area contributed by atoms with Crippen molar-refractivity contribution >= 4 is 176 Å². The van der Waals surface area contributed by atoms with Gasteiger partial charge in [0.1, 0.15) is 81.9 Å². The zero-order valence-corrected chi connectivity index (χ0v) is 89.6. The number of thiophene rings is 6. The quantitative estimate of drug-likeness (QED) is 0.0227. The topological polar surface area (TPSA) is 487 Å². The Kier molecular flexibility index (Phi) is 35.2. The van der Waals surface area contributed by atoms with Gasteiger partial charge < -0.3 is 76.7 Å². The van der Waals surface area contributed by atoms with E-state index in [-0.39, 0.29) is 43.2 Å². The van der Waals surface area contributed by atoms with E-state index < -0.39 is 0 Å². The summed E-state index contributed by atoms with van der Waals surface area (Å²) < 4.78 is 26.8. The van der Waals surface area contributed by atoms with Crippen molar-refractivity contribution in [2.75, 3.05) is 38.5 Å². The van der Waals surface area contributed by atoms with Crippen molar-refractivity contribution in [2.24, 2.45) is 7.05 Å². The van der Waals surface area contributed by atoms with Crippen molar-refractivity contribution in [2.45, 2.75) is 318 Å². The summed E-state index contributed by atoms with van der Waals surface area (Å²) in [5.41, 5.74) is 12.1. The van der Waals surface area contributed by atoms with Gasteiger partial charge in [0.2, 0.25) is 0 Å². The SMILES string of the molecule is Cc1cc(Cc2nc(NC3CCC(O)CC3)c3sccc3n2)on1.Cc1cc(Cc2nc(NC3CCC(O)CC3)c3sccc3n2)sn1.Cn1cc(Cc2nc(NC3CCC(O)CC3)c3sccc3n2)cn1.OC1CCC(Nc2nc(Cc3cnn(C4CCCC4)c3)nc3ccsc23)CC1.OC1CCC(Nc2nc(Cc3cnoc3)nc3ccsc23)CC1.OCCn1cc(Cc2nc(NC3CCC(O)CC3)c3sccc3n2)cn1. The van der Waals surface area contributed by atoms with Gasteiger partial charge in [0.15, 0.2) is 0 Å². The van der Waals surface area contributed by atoms with E-state index in [9.17, 15) is 30.6 Å². The molecule has 149 heavy (non-hydrogen) atoms. The van der Waals surface area contributed by atoms with Crippen LogP contribution in [0.2, 0.25) is 0 Å². The standard InChI is InChI=1S/C21H27N5OS.C18H23N5O2S.C17H21N5OS.C17H20N4O2S.C17H20N4OS2.C16H18N4O2S/c27-17-7-5-15(6-8-17)23-21-20-18(9-10-28-20)24-19(25-21)11-14-12-22-26(13-14)16-3-1-2-4-16;24-7-6-23-11-12(10-19-23)9-16-21-15-5-8-26-17(15)18(22-16)20-13-1-3-14(25)4-2-13;1-22-10-11(9-18-22)8-15-20-14-6-7-24-16(14)17(21-15)19-12-2-4-13(23)5-3-12;1-10-8-13(23-21-10)9-15-19-14-6-7-24-16(14)17(20-15)18-11-2-4-12(22)5-3-11;1-10-8-13(24-21-10)9-15-19-14-6-7-23-16(14)17(20-15)18-11-2-4-12(22)5-3-11;21-12-3-1-11(2-4-12)18-16-15-13(5-6-23-15)19-14(20-16)7-10-8-17-22-9-10/h9-10,12-13,15-17,27H,1-8,11H2,(H,23,24,25);5,8,10-11,13-14,24-25H,1-4,6-7,9H2,(H,20,21,22);6-7,9-10,12-13,23H,2-5,8H2,1H3,(H,19,20,21);2*6-8,11-12,22H,2-5,9H2,1H3,(H,18,19,20);5-6,8-9,11-12,21H,1-4,7H2,(H,18,19,20). The van der Waals surface area contributed by atoms with Crippen molar-refractivity contribution in [3.05, 3.63) is 210 Å². The van der Waals surface area contributed by atoms with Gasteiger partial charge in [-0.15, -0.1) is 68.0 Å². The monoisotopic (exact) mass is 2150 g/mol. The number of aromatic nitrogens is 21. The van der Waals surface area contributed by atoms with Crippen LogP contribution in [-0.2, 0) is 52.1 Å². The number of fused-ring (bicyclic) bond motifs is 6. The van der Waals surface area contributed by atoms with Crippen LogP contribution in [0.1, 0.15) is 265 Å². The van der Waals surface area contributed by atoms with E-state index in [4.69, 9.17) is 54.0 Å². The van der Waals surface area contributed by atoms with Gasteiger partial charge in [-0.3, -0.25) is 14.0 Å². The van der Waals surface area contributed by atoms with Crippen LogP contribution in [0.4, 0.5) is 34.9 Å². The van der Waals surface area contributed by atoms with Gasteiger partial charge >= 0.3 is 0 Å². The first-order valence-electron chi connectivity index (χ1n) is 52.2. The lowest BCUT2D eigenvalue weighted by molar-refractivity contribution is 0.125. The van der Waals surface area contributed by atoms with Crippen molar-refractivity contribution < 1.29 is 44.8 Å². The smallest absolute Gasteiger partial charge is 0.148 e. The molecule has 0 unspecified atom stereocenters. The summed E-state index contributed by atoms with van der Waals surface area (Å²) in [5.74, 6) is 11.0. The second-order valence-corrected chi connectivity index (χ2v) is 46.6. The average molecular weight is 2150 g/mol. The molecule has 0 atom stereocenters. The van der Waals surface area contributed by atoms with Gasteiger partial charge in [0, 0.05) is 111 Å². The highest BCUT2D eigenvalue weighted by atomic mass is 32.1. The zero-order chi connectivity index (χ0) is 102. The number of aliphatic hydroxyl groups is 7. The molecule has 43 heteroatoms. The highest BCUT2D eigenvalue weighted by Gasteiger charge is 2.31. The molecular weight excluding hydrogens is 2020 g/mol. The van der Waals surface area contributed by atoms with E-state index in [0.29, 0.717) is 80.9 Å². The van der Waals surface area contributed by atoms with E-state index in [1.165, 1.54) is 47.7 Å². The maximum absolute atomic E-state index is 9.76.